The predicted molar refractivity (Wildman–Crippen MR) is 94.3 cm³/mol. The van der Waals surface area contributed by atoms with Crippen LogP contribution >= 0.6 is 0 Å². The average Bonchev–Trinajstić information content (AvgIpc) is 2.59. The first-order chi connectivity index (χ1) is 12.3. The predicted octanol–water partition coefficient (Wildman–Crippen LogP) is 2.19. The van der Waals surface area contributed by atoms with Gasteiger partial charge in [0, 0.05) is 31.6 Å². The van der Waals surface area contributed by atoms with E-state index >= 15 is 0 Å². The standard InChI is InChI=1S/C19H23NO6/c1-11-5-3-7-14(21)18(24)15(22)8-4-6-12-9-13(20-2)10-16(23)17(12)19(25)26-11/h9-11,20,23H,3-8H2,1-2H3/t11-/m0/s1. The summed E-state index contributed by atoms with van der Waals surface area (Å²) in [6.45, 7) is 1.68. The molecule has 0 spiro atoms. The number of aromatic hydroxyl groups is 1. The Bertz CT molecular complexity index is 740. The number of ketones is 3. The Morgan fingerprint density at radius 1 is 1.04 bits per heavy atom. The van der Waals surface area contributed by atoms with Gasteiger partial charge in [-0.2, -0.15) is 0 Å². The number of nitrogens with one attached hydrogen (secondary N) is 1. The fourth-order valence-corrected chi connectivity index (χ4v) is 2.94. The maximum absolute atomic E-state index is 12.5. The van der Waals surface area contributed by atoms with E-state index in [1.54, 1.807) is 20.0 Å². The molecule has 0 aliphatic carbocycles. The van der Waals surface area contributed by atoms with E-state index in [9.17, 15) is 24.3 Å². The van der Waals surface area contributed by atoms with Crippen molar-refractivity contribution < 1.29 is 29.0 Å². The summed E-state index contributed by atoms with van der Waals surface area (Å²) in [4.78, 5) is 48.0. The number of benzene rings is 1. The molecule has 2 N–H and O–H groups in total. The summed E-state index contributed by atoms with van der Waals surface area (Å²) in [6.07, 6.45) is 0.670. The number of ether oxygens (including phenoxy) is 1. The van der Waals surface area contributed by atoms with Gasteiger partial charge in [-0.3, -0.25) is 14.4 Å². The fourth-order valence-electron chi connectivity index (χ4n) is 2.94. The Hall–Kier alpha value is -2.70. The first-order valence-electron chi connectivity index (χ1n) is 8.68. The van der Waals surface area contributed by atoms with Gasteiger partial charge in [0.1, 0.15) is 11.3 Å². The number of fused-ring (bicyclic) bond motifs is 1. The van der Waals surface area contributed by atoms with E-state index in [0.29, 0.717) is 24.1 Å². The van der Waals surface area contributed by atoms with Crippen LogP contribution in [-0.4, -0.2) is 41.6 Å². The summed E-state index contributed by atoms with van der Waals surface area (Å²) in [5.74, 6) is -3.20. The van der Waals surface area contributed by atoms with Crippen LogP contribution in [0.15, 0.2) is 12.1 Å². The highest BCUT2D eigenvalue weighted by atomic mass is 16.5. The average molecular weight is 361 g/mol. The van der Waals surface area contributed by atoms with E-state index in [1.165, 1.54) is 6.07 Å². The third-order valence-electron chi connectivity index (χ3n) is 4.37. The molecule has 7 nitrogen and oxygen atoms in total. The number of phenols is 1. The van der Waals surface area contributed by atoms with Gasteiger partial charge in [-0.25, -0.2) is 4.79 Å². The van der Waals surface area contributed by atoms with Crippen molar-refractivity contribution in [2.75, 3.05) is 12.4 Å². The van der Waals surface area contributed by atoms with Gasteiger partial charge in [-0.15, -0.1) is 0 Å². The van der Waals surface area contributed by atoms with Gasteiger partial charge in [0.25, 0.3) is 5.78 Å². The molecule has 26 heavy (non-hydrogen) atoms. The van der Waals surface area contributed by atoms with E-state index in [4.69, 9.17) is 4.74 Å². The Balaban J connectivity index is 2.35. The Kier molecular flexibility index (Phi) is 6.49. The highest BCUT2D eigenvalue weighted by molar-refractivity contribution is 6.63. The molecule has 140 valence electrons. The number of rotatable bonds is 1. The van der Waals surface area contributed by atoms with Crippen molar-refractivity contribution in [3.05, 3.63) is 23.3 Å². The van der Waals surface area contributed by atoms with Crippen LogP contribution in [0.3, 0.4) is 0 Å². The van der Waals surface area contributed by atoms with Gasteiger partial charge in [0.15, 0.2) is 0 Å². The number of hydrogen-bond acceptors (Lipinski definition) is 7. The molecule has 1 aliphatic heterocycles. The number of carbonyl (C=O) groups is 4. The maximum Gasteiger partial charge on any atom is 0.342 e. The van der Waals surface area contributed by atoms with Gasteiger partial charge in [0.05, 0.1) is 6.10 Å². The molecule has 1 atom stereocenters. The zero-order chi connectivity index (χ0) is 19.3. The largest absolute Gasteiger partial charge is 0.507 e. The van der Waals surface area contributed by atoms with Crippen LogP contribution in [0.4, 0.5) is 5.69 Å². The molecule has 1 aromatic carbocycles. The van der Waals surface area contributed by atoms with E-state index < -0.39 is 29.4 Å². The molecule has 2 rings (SSSR count). The lowest BCUT2D eigenvalue weighted by Gasteiger charge is -2.17. The van der Waals surface area contributed by atoms with Crippen molar-refractivity contribution in [1.29, 1.82) is 0 Å². The molecule has 0 amide bonds. The fraction of sp³-hybridized carbons (Fsp3) is 0.474. The molecule has 0 aromatic heterocycles. The number of cyclic esters (lactones) is 1. The first kappa shape index (κ1) is 19.6. The quantitative estimate of drug-likeness (QED) is 0.583. The first-order valence-corrected chi connectivity index (χ1v) is 8.68. The van der Waals surface area contributed by atoms with E-state index in [1.807, 2.05) is 0 Å². The monoisotopic (exact) mass is 361 g/mol. The number of phenolic OH excluding ortho intramolecular Hbond substituents is 1. The highest BCUT2D eigenvalue weighted by Crippen LogP contribution is 2.29. The third kappa shape index (κ3) is 4.68. The molecule has 0 saturated carbocycles. The van der Waals surface area contributed by atoms with Gasteiger partial charge in [-0.1, -0.05) is 0 Å². The van der Waals surface area contributed by atoms with Crippen molar-refractivity contribution >= 4 is 29.0 Å². The normalized spacial score (nSPS) is 20.2. The van der Waals surface area contributed by atoms with Crippen molar-refractivity contribution in [2.45, 2.75) is 51.6 Å². The molecule has 0 radical (unpaired) electrons. The molecule has 0 fully saturated rings. The van der Waals surface area contributed by atoms with Crippen molar-refractivity contribution in [3.8, 4) is 5.75 Å². The zero-order valence-corrected chi connectivity index (χ0v) is 15.0. The molecule has 7 heteroatoms. The molecule has 1 aliphatic rings. The molecule has 1 heterocycles. The lowest BCUT2D eigenvalue weighted by molar-refractivity contribution is -0.144. The molecule has 1 aromatic rings. The number of hydrogen-bond donors (Lipinski definition) is 2. The summed E-state index contributed by atoms with van der Waals surface area (Å²) >= 11 is 0. The van der Waals surface area contributed by atoms with E-state index in [0.717, 1.165) is 0 Å². The van der Waals surface area contributed by atoms with E-state index in [-0.39, 0.29) is 37.0 Å². The summed E-state index contributed by atoms with van der Waals surface area (Å²) in [5.41, 5.74) is 1.21. The second kappa shape index (κ2) is 8.60. The van der Waals surface area contributed by atoms with Crippen LogP contribution in [0.1, 0.15) is 54.9 Å². The number of aryl methyl sites for hydroxylation is 1. The minimum absolute atomic E-state index is 0.0418. The van der Waals surface area contributed by atoms with Crippen LogP contribution < -0.4 is 5.32 Å². The van der Waals surface area contributed by atoms with Gasteiger partial charge < -0.3 is 15.2 Å². The second-order valence-electron chi connectivity index (χ2n) is 6.42. The maximum atomic E-state index is 12.5. The Labute approximate surface area is 151 Å². The molecule has 0 unspecified atom stereocenters. The van der Waals surface area contributed by atoms with Crippen molar-refractivity contribution in [2.24, 2.45) is 0 Å². The highest BCUT2D eigenvalue weighted by Gasteiger charge is 2.25. The van der Waals surface area contributed by atoms with Gasteiger partial charge in [0.2, 0.25) is 11.6 Å². The van der Waals surface area contributed by atoms with Crippen LogP contribution in [0, 0.1) is 0 Å². The number of carbonyl (C=O) groups excluding carboxylic acids is 4. The summed E-state index contributed by atoms with van der Waals surface area (Å²) in [5, 5.41) is 13.1. The molecule has 0 saturated heterocycles. The van der Waals surface area contributed by atoms with Crippen LogP contribution in [0.2, 0.25) is 0 Å². The molecular formula is C19H23NO6. The Morgan fingerprint density at radius 3 is 2.35 bits per heavy atom. The zero-order valence-electron chi connectivity index (χ0n) is 15.0. The minimum Gasteiger partial charge on any atom is -0.507 e. The van der Waals surface area contributed by atoms with Crippen LogP contribution in [0.5, 0.6) is 5.75 Å². The number of Topliss-reactive ketones (excluding diaryl/α,β-unsaturated/α-hetero) is 3. The summed E-state index contributed by atoms with van der Waals surface area (Å²) in [7, 11) is 1.68. The summed E-state index contributed by atoms with van der Waals surface area (Å²) in [6, 6.07) is 3.13. The van der Waals surface area contributed by atoms with Crippen molar-refractivity contribution in [1.82, 2.24) is 0 Å². The van der Waals surface area contributed by atoms with Crippen LogP contribution in [0.25, 0.3) is 0 Å². The minimum atomic E-state index is -0.959. The lowest BCUT2D eigenvalue weighted by Crippen LogP contribution is -2.25. The smallest absolute Gasteiger partial charge is 0.342 e. The number of esters is 1. The number of anilines is 1. The van der Waals surface area contributed by atoms with Gasteiger partial charge in [-0.05, 0) is 44.2 Å². The molecule has 0 bridgehead atoms. The topological polar surface area (TPSA) is 110 Å². The van der Waals surface area contributed by atoms with Crippen LogP contribution in [-0.2, 0) is 25.5 Å². The lowest BCUT2D eigenvalue weighted by atomic mass is 9.97. The third-order valence-corrected chi connectivity index (χ3v) is 4.37. The van der Waals surface area contributed by atoms with E-state index in [2.05, 4.69) is 5.32 Å². The Morgan fingerprint density at radius 2 is 1.69 bits per heavy atom. The summed E-state index contributed by atoms with van der Waals surface area (Å²) < 4.78 is 5.38. The molecular weight excluding hydrogens is 338 g/mol. The SMILES string of the molecule is CNc1cc(O)c2c(c1)CCCC(=O)C(=O)C(=O)CCC[C@H](C)OC2=O. The second-order valence-corrected chi connectivity index (χ2v) is 6.42. The van der Waals surface area contributed by atoms with Gasteiger partial charge >= 0.3 is 5.97 Å². The van der Waals surface area contributed by atoms with Crippen molar-refractivity contribution in [3.63, 3.8) is 0 Å².